The Bertz CT molecular complexity index is 1610. The van der Waals surface area contributed by atoms with E-state index in [4.69, 9.17) is 48.1 Å². The molecule has 0 aromatic carbocycles. The van der Waals surface area contributed by atoms with Crippen molar-refractivity contribution in [1.82, 2.24) is 9.80 Å². The number of nitrogens with zero attached hydrogens (tertiary/aromatic N) is 2. The van der Waals surface area contributed by atoms with Gasteiger partial charge in [0.25, 0.3) is 0 Å². The van der Waals surface area contributed by atoms with Gasteiger partial charge in [0.05, 0.1) is 54.7 Å². The molecule has 0 radical (unpaired) electrons. The second-order valence-electron chi connectivity index (χ2n) is 19.8. The van der Waals surface area contributed by atoms with E-state index < -0.39 is 122 Å². The zero-order valence-electron chi connectivity index (χ0n) is 42.5. The van der Waals surface area contributed by atoms with Gasteiger partial charge >= 0.3 is 17.9 Å². The molecule has 398 valence electrons. The molecule has 20 heteroatoms. The fraction of sp³-hybridized carbons (Fsp3) is 0.837. The lowest BCUT2D eigenvalue weighted by atomic mass is 9.82. The van der Waals surface area contributed by atoms with E-state index in [0.29, 0.717) is 32.1 Å². The SMILES string of the molecule is CO[C@@H]1[C@H](O[C@@H]2O[C@H](C)[C@@H](O[C@H]3C[C@@](C)(O)[C@@H](O)[C@H](C)O3)[C@H](N(C)C)[C@@H]2O)[C@@H](CC=O)C[C@@H](C)[C@@H](OC2CC[C@H](N(C)C)[C@@H](C)O2)/C=C/C=C\C[C@@H](C)OC(=O)C[C@H]1O.O=C(O)CCCCC(=O)O. The number of allylic oxidation sites excluding steroid dienone is 2. The first-order valence-corrected chi connectivity index (χ1v) is 24.3. The molecule has 4 rings (SSSR count). The topological polar surface area (TPSA) is 270 Å². The number of aliphatic hydroxyl groups excluding tert-OH is 3. The minimum atomic E-state index is -1.47. The molecule has 0 aromatic heterocycles. The largest absolute Gasteiger partial charge is 0.481 e. The number of aliphatic hydroxyl groups is 4. The molecular formula is C49H84N2O18. The molecule has 69 heavy (non-hydrogen) atoms. The Kier molecular flexibility index (Phi) is 25.3. The van der Waals surface area contributed by atoms with Crippen LogP contribution >= 0.6 is 0 Å². The summed E-state index contributed by atoms with van der Waals surface area (Å²) in [5.74, 6) is -3.21. The minimum absolute atomic E-state index is 0.00885. The molecule has 0 spiro atoms. The van der Waals surface area contributed by atoms with Crippen LogP contribution < -0.4 is 0 Å². The normalized spacial score (nSPS) is 40.5. The van der Waals surface area contributed by atoms with Crippen LogP contribution in [0.4, 0.5) is 0 Å². The van der Waals surface area contributed by atoms with Crippen LogP contribution in [-0.2, 0) is 57.1 Å². The number of carboxylic acids is 2. The third kappa shape index (κ3) is 18.9. The molecule has 19 atom stereocenters. The van der Waals surface area contributed by atoms with E-state index in [9.17, 15) is 39.6 Å². The standard InChI is InChI=1S/C43H74N2O14.C6H10O4/c1-24-21-29(19-20-46)39(59-42-37(49)36(45(9)10)38(27(4)56-42)58-35-23-43(6,51)41(50)28(5)55-35)40(52-11)31(47)22-33(48)53-25(2)15-13-12-14-16-32(24)57-34-18-17-30(44(7)8)26(3)54-34;7-5(8)3-1-2-4-6(9)10/h12-14,16,20,24-32,34-42,47,49-51H,15,17-19,21-23H2,1-11H3;1-4H2,(H,7,8)(H,9,10)/b13-12-,16-14+;/t24-,25-,26-,27-,28+,29+,30+,31-,32+,34?,35+,36-,37+,38-,39-,40+,41+,42+,43-;/m1./s1. The van der Waals surface area contributed by atoms with Crippen molar-refractivity contribution in [2.24, 2.45) is 11.8 Å². The van der Waals surface area contributed by atoms with E-state index in [-0.39, 0.29) is 43.7 Å². The third-order valence-electron chi connectivity index (χ3n) is 13.4. The van der Waals surface area contributed by atoms with E-state index in [1.54, 1.807) is 39.8 Å². The maximum Gasteiger partial charge on any atom is 0.308 e. The average molecular weight is 989 g/mol. The van der Waals surface area contributed by atoms with Crippen molar-refractivity contribution in [2.45, 2.75) is 216 Å². The lowest BCUT2D eigenvalue weighted by Gasteiger charge is -2.50. The van der Waals surface area contributed by atoms with Gasteiger partial charge in [0.1, 0.15) is 36.8 Å². The molecule has 4 aliphatic rings. The molecule has 4 aliphatic heterocycles. The zero-order valence-corrected chi connectivity index (χ0v) is 42.5. The third-order valence-corrected chi connectivity index (χ3v) is 13.4. The summed E-state index contributed by atoms with van der Waals surface area (Å²) in [6.07, 6.45) is -0.546. The second-order valence-corrected chi connectivity index (χ2v) is 19.8. The Hall–Kier alpha value is -2.96. The van der Waals surface area contributed by atoms with Crippen LogP contribution in [0.3, 0.4) is 0 Å². The number of unbranched alkanes of at least 4 members (excludes halogenated alkanes) is 1. The first kappa shape index (κ1) is 60.3. The quantitative estimate of drug-likeness (QED) is 0.0737. The maximum absolute atomic E-state index is 13.1. The fourth-order valence-electron chi connectivity index (χ4n) is 9.65. The van der Waals surface area contributed by atoms with E-state index in [0.717, 1.165) is 12.7 Å². The molecule has 20 nitrogen and oxygen atoms in total. The Morgan fingerprint density at radius 1 is 0.826 bits per heavy atom. The molecule has 0 aromatic rings. The van der Waals surface area contributed by atoms with E-state index in [2.05, 4.69) is 4.90 Å². The number of ether oxygens (including phenoxy) is 8. The Morgan fingerprint density at radius 3 is 2.01 bits per heavy atom. The van der Waals surface area contributed by atoms with Crippen LogP contribution in [0.1, 0.15) is 112 Å². The summed E-state index contributed by atoms with van der Waals surface area (Å²) in [5.41, 5.74) is -1.47. The lowest BCUT2D eigenvalue weighted by Crippen LogP contribution is -2.65. The molecule has 3 fully saturated rings. The van der Waals surface area contributed by atoms with Gasteiger partial charge in [-0.05, 0) is 107 Å². The van der Waals surface area contributed by atoms with Gasteiger partial charge in [0.15, 0.2) is 18.9 Å². The number of carbonyl (C=O) groups is 4. The first-order chi connectivity index (χ1) is 32.4. The van der Waals surface area contributed by atoms with Gasteiger partial charge in [0, 0.05) is 45.3 Å². The molecular weight excluding hydrogens is 905 g/mol. The average Bonchev–Trinajstić information content (AvgIpc) is 3.24. The molecule has 0 saturated carbocycles. The molecule has 0 bridgehead atoms. The number of carbonyl (C=O) groups excluding carboxylic acids is 2. The predicted molar refractivity (Wildman–Crippen MR) is 251 cm³/mol. The number of cyclic esters (lactones) is 1. The number of aliphatic carboxylic acids is 2. The van der Waals surface area contributed by atoms with Gasteiger partial charge in [-0.25, -0.2) is 0 Å². The number of aldehydes is 1. The lowest BCUT2D eigenvalue weighted by molar-refractivity contribution is -0.344. The predicted octanol–water partition coefficient (Wildman–Crippen LogP) is 3.04. The molecule has 1 unspecified atom stereocenters. The number of hydrogen-bond acceptors (Lipinski definition) is 18. The van der Waals surface area contributed by atoms with Gasteiger partial charge in [-0.15, -0.1) is 0 Å². The second kappa shape index (κ2) is 28.9. The number of rotatable bonds is 16. The van der Waals surface area contributed by atoms with Gasteiger partial charge in [-0.3, -0.25) is 14.4 Å². The van der Waals surface area contributed by atoms with Crippen molar-refractivity contribution >= 4 is 24.2 Å². The van der Waals surface area contributed by atoms with E-state index >= 15 is 0 Å². The Morgan fingerprint density at radius 2 is 1.46 bits per heavy atom. The first-order valence-electron chi connectivity index (χ1n) is 24.3. The van der Waals surface area contributed by atoms with Gasteiger partial charge in [0.2, 0.25) is 0 Å². The number of methoxy groups -OCH3 is 1. The highest BCUT2D eigenvalue weighted by molar-refractivity contribution is 5.70. The Balaban J connectivity index is 0.00000113. The van der Waals surface area contributed by atoms with Gasteiger partial charge in [-0.1, -0.05) is 31.2 Å². The molecule has 3 saturated heterocycles. The van der Waals surface area contributed by atoms with Gasteiger partial charge < -0.3 is 83.1 Å². The molecule has 4 heterocycles. The summed E-state index contributed by atoms with van der Waals surface area (Å²) in [5, 5.41) is 61.3. The maximum atomic E-state index is 13.1. The number of carboxylic acid groups (broad SMARTS) is 2. The number of hydrogen-bond donors (Lipinski definition) is 6. The van der Waals surface area contributed by atoms with Crippen LogP contribution in [0.5, 0.6) is 0 Å². The number of esters is 1. The molecule has 0 amide bonds. The van der Waals surface area contributed by atoms with E-state index in [1.165, 1.54) is 14.0 Å². The van der Waals surface area contributed by atoms with Crippen molar-refractivity contribution in [2.75, 3.05) is 35.3 Å². The smallest absolute Gasteiger partial charge is 0.308 e. The monoisotopic (exact) mass is 989 g/mol. The summed E-state index contributed by atoms with van der Waals surface area (Å²) in [7, 11) is 9.03. The fourth-order valence-corrected chi connectivity index (χ4v) is 9.65. The summed E-state index contributed by atoms with van der Waals surface area (Å²) >= 11 is 0. The van der Waals surface area contributed by atoms with Crippen molar-refractivity contribution in [3.8, 4) is 0 Å². The minimum Gasteiger partial charge on any atom is -0.481 e. The van der Waals surface area contributed by atoms with Crippen molar-refractivity contribution in [1.29, 1.82) is 0 Å². The summed E-state index contributed by atoms with van der Waals surface area (Å²) in [6.45, 7) is 10.8. The zero-order chi connectivity index (χ0) is 51.7. The van der Waals surface area contributed by atoms with E-state index in [1.807, 2.05) is 52.2 Å². The van der Waals surface area contributed by atoms with Crippen molar-refractivity contribution < 1.29 is 87.7 Å². The highest BCUT2D eigenvalue weighted by atomic mass is 16.7. The number of likely N-dealkylation sites (N-methyl/N-ethyl adjacent to an activating group) is 2. The molecule has 0 aliphatic carbocycles. The van der Waals surface area contributed by atoms with Gasteiger partial charge in [-0.2, -0.15) is 0 Å². The summed E-state index contributed by atoms with van der Waals surface area (Å²) in [6, 6.07) is -0.466. The molecule has 6 N–H and O–H groups in total. The van der Waals surface area contributed by atoms with Crippen LogP contribution in [0.2, 0.25) is 0 Å². The van der Waals surface area contributed by atoms with Crippen molar-refractivity contribution in [3.05, 3.63) is 24.3 Å². The van der Waals surface area contributed by atoms with Crippen LogP contribution in [0.15, 0.2) is 24.3 Å². The highest BCUT2D eigenvalue weighted by Gasteiger charge is 2.52. The summed E-state index contributed by atoms with van der Waals surface area (Å²) in [4.78, 5) is 49.3. The van der Waals surface area contributed by atoms with Crippen LogP contribution in [-0.4, -0.2) is 204 Å². The van der Waals surface area contributed by atoms with Crippen molar-refractivity contribution in [3.63, 3.8) is 0 Å². The Labute approximate surface area is 408 Å². The van der Waals surface area contributed by atoms with Crippen LogP contribution in [0.25, 0.3) is 0 Å². The van der Waals surface area contributed by atoms with Crippen LogP contribution in [0, 0.1) is 11.8 Å². The highest BCUT2D eigenvalue weighted by Crippen LogP contribution is 2.37. The summed E-state index contributed by atoms with van der Waals surface area (Å²) < 4.78 is 50.0.